The highest BCUT2D eigenvalue weighted by Crippen LogP contribution is 2.40. The third-order valence-corrected chi connectivity index (χ3v) is 5.70. The first-order valence-electron chi connectivity index (χ1n) is 8.38. The standard InChI is InChI=1S/C18H23N3OS/c1-18(2,3)21-15(10-14(19-21)12-4-5-12)17(22)20-8-6-16-13(11-20)7-9-23-16/h7,9-10,12H,4-6,8,11H2,1-3H3. The summed E-state index contributed by atoms with van der Waals surface area (Å²) < 4.78 is 1.94. The van der Waals surface area contributed by atoms with E-state index in [1.165, 1.54) is 23.3 Å². The van der Waals surface area contributed by atoms with E-state index in [1.54, 1.807) is 11.3 Å². The lowest BCUT2D eigenvalue weighted by Crippen LogP contribution is -2.38. The van der Waals surface area contributed by atoms with Crippen LogP contribution in [0.3, 0.4) is 0 Å². The Morgan fingerprint density at radius 1 is 1.35 bits per heavy atom. The van der Waals surface area contributed by atoms with Crippen molar-refractivity contribution in [2.75, 3.05) is 6.54 Å². The van der Waals surface area contributed by atoms with E-state index < -0.39 is 0 Å². The van der Waals surface area contributed by atoms with Gasteiger partial charge in [-0.1, -0.05) is 0 Å². The van der Waals surface area contributed by atoms with Gasteiger partial charge in [0.15, 0.2) is 0 Å². The molecule has 0 bridgehead atoms. The van der Waals surface area contributed by atoms with Gasteiger partial charge in [-0.3, -0.25) is 9.48 Å². The fourth-order valence-electron chi connectivity index (χ4n) is 3.23. The number of nitrogens with zero attached hydrogens (tertiary/aromatic N) is 3. The summed E-state index contributed by atoms with van der Waals surface area (Å²) >= 11 is 1.80. The van der Waals surface area contributed by atoms with Gasteiger partial charge < -0.3 is 4.90 Å². The van der Waals surface area contributed by atoms with Gasteiger partial charge in [0, 0.05) is 23.9 Å². The molecule has 4 rings (SSSR count). The second-order valence-corrected chi connectivity index (χ2v) is 8.66. The van der Waals surface area contributed by atoms with Crippen molar-refractivity contribution in [3.63, 3.8) is 0 Å². The second kappa shape index (κ2) is 5.20. The van der Waals surface area contributed by atoms with Crippen molar-refractivity contribution in [3.8, 4) is 0 Å². The molecule has 3 heterocycles. The summed E-state index contributed by atoms with van der Waals surface area (Å²) in [6, 6.07) is 4.19. The predicted octanol–water partition coefficient (Wildman–Crippen LogP) is 3.78. The van der Waals surface area contributed by atoms with Gasteiger partial charge in [0.25, 0.3) is 5.91 Å². The molecule has 5 heteroatoms. The summed E-state index contributed by atoms with van der Waals surface area (Å²) in [5.74, 6) is 0.686. The second-order valence-electron chi connectivity index (χ2n) is 7.66. The number of carbonyl (C=O) groups excluding carboxylic acids is 1. The Morgan fingerprint density at radius 2 is 2.13 bits per heavy atom. The molecule has 2 aromatic rings. The first kappa shape index (κ1) is 14.9. The molecule has 2 aliphatic rings. The minimum absolute atomic E-state index is 0.121. The lowest BCUT2D eigenvalue weighted by molar-refractivity contribution is 0.0715. The molecule has 0 saturated heterocycles. The largest absolute Gasteiger partial charge is 0.333 e. The number of amides is 1. The number of hydrogen-bond donors (Lipinski definition) is 0. The molecule has 2 aromatic heterocycles. The molecule has 4 nitrogen and oxygen atoms in total. The minimum atomic E-state index is -0.179. The predicted molar refractivity (Wildman–Crippen MR) is 92.0 cm³/mol. The van der Waals surface area contributed by atoms with Crippen LogP contribution in [0.1, 0.15) is 66.2 Å². The summed E-state index contributed by atoms with van der Waals surface area (Å²) in [7, 11) is 0. The van der Waals surface area contributed by atoms with Gasteiger partial charge in [-0.15, -0.1) is 11.3 Å². The van der Waals surface area contributed by atoms with E-state index in [9.17, 15) is 4.79 Å². The first-order valence-corrected chi connectivity index (χ1v) is 9.26. The molecule has 1 aliphatic carbocycles. The topological polar surface area (TPSA) is 38.1 Å². The molecule has 0 unspecified atom stereocenters. The number of fused-ring (bicyclic) bond motifs is 1. The van der Waals surface area contributed by atoms with Gasteiger partial charge >= 0.3 is 0 Å². The first-order chi connectivity index (χ1) is 10.9. The number of hydrogen-bond acceptors (Lipinski definition) is 3. The van der Waals surface area contributed by atoms with Crippen LogP contribution in [-0.2, 0) is 18.5 Å². The molecule has 0 N–H and O–H groups in total. The van der Waals surface area contributed by atoms with Gasteiger partial charge in [-0.2, -0.15) is 5.10 Å². The van der Waals surface area contributed by atoms with Crippen molar-refractivity contribution in [2.45, 2.75) is 58.0 Å². The quantitative estimate of drug-likeness (QED) is 0.841. The van der Waals surface area contributed by atoms with E-state index in [0.717, 1.165) is 30.9 Å². The van der Waals surface area contributed by atoms with Crippen LogP contribution in [0.5, 0.6) is 0 Å². The van der Waals surface area contributed by atoms with E-state index in [0.29, 0.717) is 5.92 Å². The third kappa shape index (κ3) is 2.71. The Bertz CT molecular complexity index is 749. The minimum Gasteiger partial charge on any atom is -0.333 e. The van der Waals surface area contributed by atoms with E-state index in [-0.39, 0.29) is 11.4 Å². The molecule has 122 valence electrons. The van der Waals surface area contributed by atoms with E-state index in [1.807, 2.05) is 15.6 Å². The van der Waals surface area contributed by atoms with Gasteiger partial charge in [0.1, 0.15) is 5.69 Å². The smallest absolute Gasteiger partial charge is 0.272 e. The van der Waals surface area contributed by atoms with Crippen LogP contribution in [-0.4, -0.2) is 27.1 Å². The fraction of sp³-hybridized carbons (Fsp3) is 0.556. The normalized spacial score (nSPS) is 18.1. The van der Waals surface area contributed by atoms with Gasteiger partial charge in [-0.25, -0.2) is 0 Å². The van der Waals surface area contributed by atoms with Gasteiger partial charge in [0.05, 0.1) is 11.2 Å². The highest BCUT2D eigenvalue weighted by atomic mass is 32.1. The van der Waals surface area contributed by atoms with Crippen molar-refractivity contribution in [1.29, 1.82) is 0 Å². The Labute approximate surface area is 141 Å². The van der Waals surface area contributed by atoms with Crippen LogP contribution < -0.4 is 0 Å². The molecular weight excluding hydrogens is 306 g/mol. The van der Waals surface area contributed by atoms with Crippen LogP contribution in [0, 0.1) is 0 Å². The zero-order valence-corrected chi connectivity index (χ0v) is 14.8. The number of aromatic nitrogens is 2. The molecule has 0 radical (unpaired) electrons. The van der Waals surface area contributed by atoms with Gasteiger partial charge in [-0.05, 0) is 63.1 Å². The molecule has 1 saturated carbocycles. The molecule has 23 heavy (non-hydrogen) atoms. The van der Waals surface area contributed by atoms with Crippen molar-refractivity contribution in [1.82, 2.24) is 14.7 Å². The Kier molecular flexibility index (Phi) is 3.38. The van der Waals surface area contributed by atoms with E-state index >= 15 is 0 Å². The third-order valence-electron chi connectivity index (χ3n) is 4.67. The molecule has 0 spiro atoms. The fourth-order valence-corrected chi connectivity index (χ4v) is 4.12. The van der Waals surface area contributed by atoms with Crippen LogP contribution in [0.15, 0.2) is 17.5 Å². The maximum absolute atomic E-state index is 13.1. The molecule has 1 amide bonds. The van der Waals surface area contributed by atoms with Crippen molar-refractivity contribution in [3.05, 3.63) is 39.3 Å². The number of rotatable bonds is 2. The van der Waals surface area contributed by atoms with Crippen molar-refractivity contribution in [2.24, 2.45) is 0 Å². The van der Waals surface area contributed by atoms with Gasteiger partial charge in [0.2, 0.25) is 0 Å². The molecule has 1 aliphatic heterocycles. The summed E-state index contributed by atoms with van der Waals surface area (Å²) in [6.45, 7) is 7.87. The molecule has 1 fully saturated rings. The Morgan fingerprint density at radius 3 is 2.83 bits per heavy atom. The zero-order valence-electron chi connectivity index (χ0n) is 14.0. The highest BCUT2D eigenvalue weighted by molar-refractivity contribution is 7.10. The van der Waals surface area contributed by atoms with Crippen LogP contribution in [0.2, 0.25) is 0 Å². The average molecular weight is 329 g/mol. The summed E-state index contributed by atoms with van der Waals surface area (Å²) in [5, 5.41) is 6.89. The summed E-state index contributed by atoms with van der Waals surface area (Å²) in [4.78, 5) is 16.5. The number of thiophene rings is 1. The highest BCUT2D eigenvalue weighted by Gasteiger charge is 2.33. The maximum Gasteiger partial charge on any atom is 0.272 e. The van der Waals surface area contributed by atoms with E-state index in [4.69, 9.17) is 5.10 Å². The summed E-state index contributed by atoms with van der Waals surface area (Å²) in [5.41, 5.74) is 2.97. The molecule has 0 atom stereocenters. The lowest BCUT2D eigenvalue weighted by atomic mass is 10.1. The van der Waals surface area contributed by atoms with Crippen molar-refractivity contribution >= 4 is 17.2 Å². The average Bonchev–Trinajstić information content (AvgIpc) is 3.08. The SMILES string of the molecule is CC(C)(C)n1nc(C2CC2)cc1C(=O)N1CCc2sccc2C1. The Balaban J connectivity index is 1.65. The monoisotopic (exact) mass is 329 g/mol. The van der Waals surface area contributed by atoms with Crippen LogP contribution in [0.4, 0.5) is 0 Å². The zero-order chi connectivity index (χ0) is 16.2. The molecular formula is C18H23N3OS. The molecule has 0 aromatic carbocycles. The van der Waals surface area contributed by atoms with Crippen LogP contribution >= 0.6 is 11.3 Å². The van der Waals surface area contributed by atoms with Crippen molar-refractivity contribution < 1.29 is 4.79 Å². The lowest BCUT2D eigenvalue weighted by Gasteiger charge is -2.29. The summed E-state index contributed by atoms with van der Waals surface area (Å²) in [6.07, 6.45) is 3.38. The van der Waals surface area contributed by atoms with E-state index in [2.05, 4.69) is 32.2 Å². The van der Waals surface area contributed by atoms with Crippen LogP contribution in [0.25, 0.3) is 0 Å². The number of carbonyl (C=O) groups is 1. The Hall–Kier alpha value is -1.62. The maximum atomic E-state index is 13.1.